The highest BCUT2D eigenvalue weighted by molar-refractivity contribution is 8.00. The van der Waals surface area contributed by atoms with Crippen molar-refractivity contribution in [1.82, 2.24) is 5.32 Å². The van der Waals surface area contributed by atoms with Gasteiger partial charge in [-0.25, -0.2) is 0 Å². The summed E-state index contributed by atoms with van der Waals surface area (Å²) in [7, 11) is 0. The van der Waals surface area contributed by atoms with Crippen molar-refractivity contribution >= 4 is 11.8 Å². The molecule has 60 valence electrons. The predicted octanol–water partition coefficient (Wildman–Crippen LogP) is 1.74. The van der Waals surface area contributed by atoms with Crippen LogP contribution in [0, 0.1) is 5.92 Å². The fourth-order valence-corrected chi connectivity index (χ4v) is 2.11. The van der Waals surface area contributed by atoms with Crippen molar-refractivity contribution in [2.45, 2.75) is 25.5 Å². The second-order valence-corrected chi connectivity index (χ2v) is 4.46. The van der Waals surface area contributed by atoms with Crippen molar-refractivity contribution in [3.8, 4) is 0 Å². The summed E-state index contributed by atoms with van der Waals surface area (Å²) in [5.41, 5.74) is 0. The number of hydrogen-bond donors (Lipinski definition) is 1. The first-order chi connectivity index (χ1) is 4.83. The van der Waals surface area contributed by atoms with Crippen LogP contribution in [0.1, 0.15) is 20.3 Å². The van der Waals surface area contributed by atoms with Gasteiger partial charge in [-0.2, -0.15) is 11.8 Å². The van der Waals surface area contributed by atoms with Gasteiger partial charge in [0.05, 0.1) is 0 Å². The average Bonchev–Trinajstić information content (AvgIpc) is 1.84. The van der Waals surface area contributed by atoms with Crippen LogP contribution in [-0.4, -0.2) is 24.1 Å². The zero-order valence-corrected chi connectivity index (χ0v) is 7.71. The molecule has 0 aromatic carbocycles. The lowest BCUT2D eigenvalue weighted by molar-refractivity contribution is 0.540. The molecule has 10 heavy (non-hydrogen) atoms. The second kappa shape index (κ2) is 4.24. The van der Waals surface area contributed by atoms with E-state index in [0.717, 1.165) is 11.2 Å². The molecule has 1 N–H and O–H groups in total. The van der Waals surface area contributed by atoms with Crippen molar-refractivity contribution in [1.29, 1.82) is 0 Å². The molecule has 0 bridgehead atoms. The van der Waals surface area contributed by atoms with Gasteiger partial charge in [-0.05, 0) is 11.7 Å². The summed E-state index contributed by atoms with van der Waals surface area (Å²) in [5.74, 6) is 2.26. The molecule has 1 unspecified atom stereocenters. The van der Waals surface area contributed by atoms with E-state index in [-0.39, 0.29) is 0 Å². The molecule has 1 aliphatic rings. The molecule has 0 radical (unpaired) electrons. The van der Waals surface area contributed by atoms with E-state index in [0.29, 0.717) is 0 Å². The lowest BCUT2D eigenvalue weighted by atomic mass is 10.2. The van der Waals surface area contributed by atoms with E-state index < -0.39 is 0 Å². The number of rotatable bonds is 4. The van der Waals surface area contributed by atoms with Gasteiger partial charge >= 0.3 is 0 Å². The van der Waals surface area contributed by atoms with Crippen LogP contribution >= 0.6 is 11.8 Å². The fourth-order valence-electron chi connectivity index (χ4n) is 0.798. The van der Waals surface area contributed by atoms with Crippen molar-refractivity contribution in [3.63, 3.8) is 0 Å². The van der Waals surface area contributed by atoms with Crippen LogP contribution in [0.15, 0.2) is 0 Å². The van der Waals surface area contributed by atoms with Gasteiger partial charge in [-0.15, -0.1) is 0 Å². The predicted molar refractivity (Wildman–Crippen MR) is 48.6 cm³/mol. The van der Waals surface area contributed by atoms with Crippen LogP contribution in [0.3, 0.4) is 0 Å². The van der Waals surface area contributed by atoms with Gasteiger partial charge in [0.25, 0.3) is 0 Å². The molecular weight excluding hydrogens is 142 g/mol. The van der Waals surface area contributed by atoms with Crippen LogP contribution in [0.5, 0.6) is 0 Å². The monoisotopic (exact) mass is 159 g/mol. The van der Waals surface area contributed by atoms with E-state index in [1.54, 1.807) is 0 Å². The molecule has 0 amide bonds. The van der Waals surface area contributed by atoms with E-state index in [1.807, 2.05) is 0 Å². The van der Waals surface area contributed by atoms with Crippen LogP contribution in [0.25, 0.3) is 0 Å². The fraction of sp³-hybridized carbons (Fsp3) is 1.00. The highest BCUT2D eigenvalue weighted by Gasteiger charge is 2.17. The van der Waals surface area contributed by atoms with Gasteiger partial charge < -0.3 is 5.32 Å². The number of hydrogen-bond acceptors (Lipinski definition) is 2. The van der Waals surface area contributed by atoms with Crippen LogP contribution in [0.4, 0.5) is 0 Å². The molecule has 1 rings (SSSR count). The van der Waals surface area contributed by atoms with E-state index in [1.165, 1.54) is 25.3 Å². The Hall–Kier alpha value is 0.310. The average molecular weight is 159 g/mol. The Kier molecular flexibility index (Phi) is 3.57. The molecule has 0 aromatic heterocycles. The maximum Gasteiger partial charge on any atom is 0.0297 e. The SMILES string of the molecule is CCC(C)CSC1CNC1. The summed E-state index contributed by atoms with van der Waals surface area (Å²) < 4.78 is 0. The molecule has 2 heteroatoms. The summed E-state index contributed by atoms with van der Waals surface area (Å²) in [6, 6.07) is 0. The highest BCUT2D eigenvalue weighted by Crippen LogP contribution is 2.19. The summed E-state index contributed by atoms with van der Waals surface area (Å²) in [5, 5.41) is 4.21. The second-order valence-electron chi connectivity index (χ2n) is 3.13. The van der Waals surface area contributed by atoms with Gasteiger partial charge in [-0.3, -0.25) is 0 Å². The molecule has 1 atom stereocenters. The first kappa shape index (κ1) is 8.41. The van der Waals surface area contributed by atoms with Crippen molar-refractivity contribution in [2.75, 3.05) is 18.8 Å². The van der Waals surface area contributed by atoms with Gasteiger partial charge in [0, 0.05) is 18.3 Å². The highest BCUT2D eigenvalue weighted by atomic mass is 32.2. The molecule has 1 heterocycles. The zero-order chi connectivity index (χ0) is 7.40. The van der Waals surface area contributed by atoms with Gasteiger partial charge in [0.1, 0.15) is 0 Å². The number of thioether (sulfide) groups is 1. The Labute approximate surface area is 68.0 Å². The van der Waals surface area contributed by atoms with Gasteiger partial charge in [-0.1, -0.05) is 20.3 Å². The van der Waals surface area contributed by atoms with Crippen molar-refractivity contribution < 1.29 is 0 Å². The largest absolute Gasteiger partial charge is 0.314 e. The Morgan fingerprint density at radius 2 is 2.30 bits per heavy atom. The minimum atomic E-state index is 0.908. The first-order valence-electron chi connectivity index (χ1n) is 4.15. The Balaban J connectivity index is 1.93. The summed E-state index contributed by atoms with van der Waals surface area (Å²) in [6.07, 6.45) is 1.33. The third kappa shape index (κ3) is 2.51. The maximum absolute atomic E-state index is 3.28. The van der Waals surface area contributed by atoms with Crippen LogP contribution in [-0.2, 0) is 0 Å². The zero-order valence-electron chi connectivity index (χ0n) is 6.89. The molecule has 0 aliphatic carbocycles. The van der Waals surface area contributed by atoms with Crippen molar-refractivity contribution in [3.05, 3.63) is 0 Å². The third-order valence-corrected chi connectivity index (χ3v) is 3.62. The van der Waals surface area contributed by atoms with Crippen LogP contribution in [0.2, 0.25) is 0 Å². The topological polar surface area (TPSA) is 12.0 Å². The van der Waals surface area contributed by atoms with E-state index in [4.69, 9.17) is 0 Å². The normalized spacial score (nSPS) is 22.2. The van der Waals surface area contributed by atoms with E-state index >= 15 is 0 Å². The molecule has 1 nitrogen and oxygen atoms in total. The molecule has 1 fully saturated rings. The standard InChI is InChI=1S/C8H17NS/c1-3-7(2)6-10-8-4-9-5-8/h7-9H,3-6H2,1-2H3. The Morgan fingerprint density at radius 1 is 1.60 bits per heavy atom. The van der Waals surface area contributed by atoms with Crippen LogP contribution < -0.4 is 5.32 Å². The lowest BCUT2D eigenvalue weighted by Gasteiger charge is -2.27. The summed E-state index contributed by atoms with van der Waals surface area (Å²) >= 11 is 2.13. The molecule has 1 aliphatic heterocycles. The maximum atomic E-state index is 3.28. The van der Waals surface area contributed by atoms with E-state index in [9.17, 15) is 0 Å². The summed E-state index contributed by atoms with van der Waals surface area (Å²) in [4.78, 5) is 0. The molecule has 1 saturated heterocycles. The van der Waals surface area contributed by atoms with Crippen molar-refractivity contribution in [2.24, 2.45) is 5.92 Å². The van der Waals surface area contributed by atoms with Gasteiger partial charge in [0.15, 0.2) is 0 Å². The molecular formula is C8H17NS. The smallest absolute Gasteiger partial charge is 0.0297 e. The summed E-state index contributed by atoms with van der Waals surface area (Å²) in [6.45, 7) is 7.07. The van der Waals surface area contributed by atoms with E-state index in [2.05, 4.69) is 30.9 Å². The Bertz CT molecular complexity index is 86.5. The first-order valence-corrected chi connectivity index (χ1v) is 5.20. The van der Waals surface area contributed by atoms with Gasteiger partial charge in [0.2, 0.25) is 0 Å². The number of nitrogens with one attached hydrogen (secondary N) is 1. The molecule has 0 spiro atoms. The molecule has 0 saturated carbocycles. The quantitative estimate of drug-likeness (QED) is 0.670. The lowest BCUT2D eigenvalue weighted by Crippen LogP contribution is -2.44. The minimum Gasteiger partial charge on any atom is -0.314 e. The third-order valence-electron chi connectivity index (χ3n) is 2.06. The molecule has 0 aromatic rings. The minimum absolute atomic E-state index is 0.908. The Morgan fingerprint density at radius 3 is 2.70 bits per heavy atom.